The molecular formula is C16H19N3O2. The average Bonchev–Trinajstić information content (AvgIpc) is 3.08. The molecule has 5 heteroatoms. The first kappa shape index (κ1) is 13.8. The quantitative estimate of drug-likeness (QED) is 0.910. The number of hydrogen-bond acceptors (Lipinski definition) is 3. The van der Waals surface area contributed by atoms with E-state index in [-0.39, 0.29) is 5.91 Å². The van der Waals surface area contributed by atoms with Gasteiger partial charge in [-0.2, -0.15) is 0 Å². The molecule has 1 aromatic carbocycles. The van der Waals surface area contributed by atoms with Gasteiger partial charge in [0.1, 0.15) is 5.60 Å². The van der Waals surface area contributed by atoms with Crippen molar-refractivity contribution in [2.45, 2.75) is 38.2 Å². The summed E-state index contributed by atoms with van der Waals surface area (Å²) in [6.45, 7) is 1.89. The third-order valence-electron chi connectivity index (χ3n) is 4.00. The Kier molecular flexibility index (Phi) is 3.51. The molecule has 0 saturated heterocycles. The molecule has 1 amide bonds. The number of nitrogens with zero attached hydrogens (tertiary/aromatic N) is 2. The Morgan fingerprint density at radius 2 is 1.95 bits per heavy atom. The van der Waals surface area contributed by atoms with Crippen LogP contribution in [0, 0.1) is 6.92 Å². The lowest BCUT2D eigenvalue weighted by Gasteiger charge is -2.20. The van der Waals surface area contributed by atoms with Gasteiger partial charge in [0, 0.05) is 11.8 Å². The van der Waals surface area contributed by atoms with E-state index in [4.69, 9.17) is 0 Å². The van der Waals surface area contributed by atoms with E-state index in [0.717, 1.165) is 24.1 Å². The van der Waals surface area contributed by atoms with Gasteiger partial charge in [0.15, 0.2) is 5.82 Å². The smallest absolute Gasteiger partial charge is 0.257 e. The second-order valence-corrected chi connectivity index (χ2v) is 5.63. The number of aromatic nitrogens is 2. The first-order valence-electron chi connectivity index (χ1n) is 7.24. The molecule has 0 radical (unpaired) electrons. The van der Waals surface area contributed by atoms with Gasteiger partial charge in [0.05, 0.1) is 5.69 Å². The third-order valence-corrected chi connectivity index (χ3v) is 4.00. The summed E-state index contributed by atoms with van der Waals surface area (Å²) in [6, 6.07) is 9.71. The van der Waals surface area contributed by atoms with E-state index in [0.29, 0.717) is 18.7 Å². The molecular weight excluding hydrogens is 266 g/mol. The maximum atomic E-state index is 12.2. The van der Waals surface area contributed by atoms with Crippen molar-refractivity contribution in [2.75, 3.05) is 5.32 Å². The molecule has 2 N–H and O–H groups in total. The maximum Gasteiger partial charge on any atom is 0.257 e. The van der Waals surface area contributed by atoms with Gasteiger partial charge in [0.2, 0.25) is 0 Å². The molecule has 1 heterocycles. The van der Waals surface area contributed by atoms with Crippen molar-refractivity contribution < 1.29 is 9.90 Å². The molecule has 0 bridgehead atoms. The van der Waals surface area contributed by atoms with Gasteiger partial charge in [-0.05, 0) is 44.7 Å². The third kappa shape index (κ3) is 2.69. The molecule has 1 aromatic heterocycles. The van der Waals surface area contributed by atoms with E-state index >= 15 is 0 Å². The number of aliphatic hydroxyl groups is 1. The number of amides is 1. The largest absolute Gasteiger partial charge is 0.380 e. The van der Waals surface area contributed by atoms with Crippen LogP contribution in [0.25, 0.3) is 5.69 Å². The van der Waals surface area contributed by atoms with Crippen LogP contribution in [0.5, 0.6) is 0 Å². The van der Waals surface area contributed by atoms with Gasteiger partial charge in [-0.25, -0.2) is 4.68 Å². The Labute approximate surface area is 123 Å². The first-order valence-corrected chi connectivity index (χ1v) is 7.24. The average molecular weight is 285 g/mol. The van der Waals surface area contributed by atoms with Gasteiger partial charge in [0.25, 0.3) is 5.91 Å². The number of nitrogens with one attached hydrogen (secondary N) is 1. The van der Waals surface area contributed by atoms with Crippen molar-refractivity contribution in [3.8, 4) is 5.69 Å². The zero-order chi connectivity index (χ0) is 14.9. The van der Waals surface area contributed by atoms with Crippen LogP contribution in [0.1, 0.15) is 31.2 Å². The molecule has 21 heavy (non-hydrogen) atoms. The summed E-state index contributed by atoms with van der Waals surface area (Å²) in [4.78, 5) is 12.2. The Hall–Kier alpha value is -2.14. The van der Waals surface area contributed by atoms with Crippen molar-refractivity contribution in [2.24, 2.45) is 0 Å². The highest BCUT2D eigenvalue weighted by Crippen LogP contribution is 2.30. The molecule has 1 saturated carbocycles. The molecule has 0 atom stereocenters. The first-order chi connectivity index (χ1) is 10.1. The number of carbonyl (C=O) groups is 1. The van der Waals surface area contributed by atoms with Crippen LogP contribution in [0.3, 0.4) is 0 Å². The molecule has 110 valence electrons. The van der Waals surface area contributed by atoms with Crippen molar-refractivity contribution in [3.05, 3.63) is 42.1 Å². The number of hydrogen-bond donors (Lipinski definition) is 2. The Bertz CT molecular complexity index is 643. The maximum absolute atomic E-state index is 12.2. The minimum absolute atomic E-state index is 0.346. The molecule has 3 rings (SSSR count). The van der Waals surface area contributed by atoms with Crippen LogP contribution in [0.15, 0.2) is 36.5 Å². The lowest BCUT2D eigenvalue weighted by molar-refractivity contribution is -0.133. The molecule has 1 aliphatic rings. The topological polar surface area (TPSA) is 67.2 Å². The van der Waals surface area contributed by atoms with Crippen LogP contribution >= 0.6 is 0 Å². The van der Waals surface area contributed by atoms with E-state index in [1.54, 1.807) is 4.68 Å². The SMILES string of the molecule is Cc1cn(-c2ccccc2)nc1NC(=O)C1(O)CCCC1. The fraction of sp³-hybridized carbons (Fsp3) is 0.375. The van der Waals surface area contributed by atoms with Crippen LogP contribution in [-0.2, 0) is 4.79 Å². The van der Waals surface area contributed by atoms with Crippen LogP contribution < -0.4 is 5.32 Å². The highest BCUT2D eigenvalue weighted by atomic mass is 16.3. The zero-order valence-corrected chi connectivity index (χ0v) is 12.0. The standard InChI is InChI=1S/C16H19N3O2/c1-12-11-19(13-7-3-2-4-8-13)18-14(12)17-15(20)16(21)9-5-6-10-16/h2-4,7-8,11,21H,5-6,9-10H2,1H3,(H,17,18,20). The van der Waals surface area contributed by atoms with Gasteiger partial charge in [-0.1, -0.05) is 18.2 Å². The Morgan fingerprint density at radius 3 is 2.62 bits per heavy atom. The highest BCUT2D eigenvalue weighted by Gasteiger charge is 2.39. The summed E-state index contributed by atoms with van der Waals surface area (Å²) in [5.41, 5.74) is 0.567. The zero-order valence-electron chi connectivity index (χ0n) is 12.0. The summed E-state index contributed by atoms with van der Waals surface area (Å²) in [6.07, 6.45) is 4.70. The second kappa shape index (κ2) is 5.33. The highest BCUT2D eigenvalue weighted by molar-refractivity contribution is 5.97. The number of para-hydroxylation sites is 1. The molecule has 1 aliphatic carbocycles. The Balaban J connectivity index is 1.81. The lowest BCUT2D eigenvalue weighted by atomic mass is 10.0. The van der Waals surface area contributed by atoms with Crippen molar-refractivity contribution in [1.29, 1.82) is 0 Å². The molecule has 2 aromatic rings. The van der Waals surface area contributed by atoms with Crippen molar-refractivity contribution in [1.82, 2.24) is 9.78 Å². The van der Waals surface area contributed by atoms with Crippen LogP contribution in [-0.4, -0.2) is 26.4 Å². The summed E-state index contributed by atoms with van der Waals surface area (Å²) in [7, 11) is 0. The lowest BCUT2D eigenvalue weighted by Crippen LogP contribution is -2.40. The predicted octanol–water partition coefficient (Wildman–Crippen LogP) is 2.42. The molecule has 5 nitrogen and oxygen atoms in total. The van der Waals surface area contributed by atoms with E-state index in [1.807, 2.05) is 43.5 Å². The van der Waals surface area contributed by atoms with E-state index in [9.17, 15) is 9.90 Å². The van der Waals surface area contributed by atoms with Gasteiger partial charge >= 0.3 is 0 Å². The summed E-state index contributed by atoms with van der Waals surface area (Å²) in [5, 5.41) is 17.4. The predicted molar refractivity (Wildman–Crippen MR) is 80.3 cm³/mol. The van der Waals surface area contributed by atoms with Crippen LogP contribution in [0.2, 0.25) is 0 Å². The van der Waals surface area contributed by atoms with Crippen LogP contribution in [0.4, 0.5) is 5.82 Å². The van der Waals surface area contributed by atoms with E-state index < -0.39 is 5.60 Å². The second-order valence-electron chi connectivity index (χ2n) is 5.63. The number of rotatable bonds is 3. The van der Waals surface area contributed by atoms with Crippen molar-refractivity contribution in [3.63, 3.8) is 0 Å². The minimum Gasteiger partial charge on any atom is -0.380 e. The molecule has 0 spiro atoms. The number of carbonyl (C=O) groups excluding carboxylic acids is 1. The fourth-order valence-corrected chi connectivity index (χ4v) is 2.71. The normalized spacial score (nSPS) is 16.9. The fourth-order valence-electron chi connectivity index (χ4n) is 2.71. The van der Waals surface area contributed by atoms with Gasteiger partial charge < -0.3 is 10.4 Å². The molecule has 0 aliphatic heterocycles. The minimum atomic E-state index is -1.23. The number of anilines is 1. The molecule has 0 unspecified atom stereocenters. The monoisotopic (exact) mass is 285 g/mol. The molecule has 1 fully saturated rings. The van der Waals surface area contributed by atoms with Gasteiger partial charge in [-0.3, -0.25) is 4.79 Å². The summed E-state index contributed by atoms with van der Waals surface area (Å²) in [5.74, 6) is 0.158. The number of aryl methyl sites for hydroxylation is 1. The van der Waals surface area contributed by atoms with E-state index in [1.165, 1.54) is 0 Å². The summed E-state index contributed by atoms with van der Waals surface area (Å²) < 4.78 is 1.73. The van der Waals surface area contributed by atoms with Crippen molar-refractivity contribution >= 4 is 11.7 Å². The number of benzene rings is 1. The van der Waals surface area contributed by atoms with E-state index in [2.05, 4.69) is 10.4 Å². The summed E-state index contributed by atoms with van der Waals surface area (Å²) >= 11 is 0. The van der Waals surface area contributed by atoms with Gasteiger partial charge in [-0.15, -0.1) is 5.10 Å². The Morgan fingerprint density at radius 1 is 1.29 bits per heavy atom.